The van der Waals surface area contributed by atoms with Gasteiger partial charge in [-0.2, -0.15) is 0 Å². The average molecular weight is 402 g/mol. The maximum Gasteiger partial charge on any atom is 0.230 e. The van der Waals surface area contributed by atoms with Gasteiger partial charge in [0.1, 0.15) is 0 Å². The van der Waals surface area contributed by atoms with Gasteiger partial charge in [0, 0.05) is 18.1 Å². The topological polar surface area (TPSA) is 67.1 Å². The van der Waals surface area contributed by atoms with E-state index < -0.39 is 0 Å². The molecule has 3 aromatic rings. The molecule has 0 bridgehead atoms. The molecule has 1 aromatic heterocycles. The van der Waals surface area contributed by atoms with Crippen LogP contribution in [0.5, 0.6) is 0 Å². The zero-order chi connectivity index (χ0) is 19.1. The Labute approximate surface area is 167 Å². The lowest BCUT2D eigenvalue weighted by Gasteiger charge is -2.11. The van der Waals surface area contributed by atoms with Gasteiger partial charge in [0.25, 0.3) is 0 Å². The van der Waals surface area contributed by atoms with E-state index in [-0.39, 0.29) is 18.3 Å². The first-order valence-corrected chi connectivity index (χ1v) is 9.86. The number of nitrogens with zero attached hydrogens (tertiary/aromatic N) is 2. The molecule has 2 aromatic carbocycles. The second-order valence-electron chi connectivity index (χ2n) is 5.92. The first-order valence-electron chi connectivity index (χ1n) is 8.49. The van der Waals surface area contributed by atoms with Crippen LogP contribution in [0.4, 0.5) is 0 Å². The summed E-state index contributed by atoms with van der Waals surface area (Å²) in [5, 5.41) is 13.8. The Morgan fingerprint density at radius 3 is 2.63 bits per heavy atom. The summed E-state index contributed by atoms with van der Waals surface area (Å²) < 4.78 is 1.93. The van der Waals surface area contributed by atoms with Crippen molar-refractivity contribution in [1.29, 1.82) is 0 Å². The van der Waals surface area contributed by atoms with E-state index in [0.717, 1.165) is 16.8 Å². The van der Waals surface area contributed by atoms with Gasteiger partial charge in [-0.3, -0.25) is 4.79 Å². The molecule has 0 atom stereocenters. The molecule has 0 aliphatic heterocycles. The molecule has 0 saturated heterocycles. The minimum Gasteiger partial charge on any atom is -0.390 e. The van der Waals surface area contributed by atoms with Crippen LogP contribution in [0.3, 0.4) is 0 Å². The van der Waals surface area contributed by atoms with Crippen LogP contribution >= 0.6 is 23.4 Å². The largest absolute Gasteiger partial charge is 0.390 e. The Hall–Kier alpha value is -2.28. The number of carbonyl (C=O) groups excluding carboxylic acids is 1. The summed E-state index contributed by atoms with van der Waals surface area (Å²) in [7, 11) is 0. The molecule has 5 nitrogen and oxygen atoms in total. The summed E-state index contributed by atoms with van der Waals surface area (Å²) >= 11 is 7.45. The van der Waals surface area contributed by atoms with Crippen LogP contribution in [-0.4, -0.2) is 26.3 Å². The number of nitrogens with one attached hydrogen (secondary N) is 1. The van der Waals surface area contributed by atoms with Crippen molar-refractivity contribution in [1.82, 2.24) is 14.9 Å². The maximum absolute atomic E-state index is 12.2. The first-order chi connectivity index (χ1) is 13.2. The van der Waals surface area contributed by atoms with Gasteiger partial charge in [-0.05, 0) is 17.2 Å². The SMILES string of the molecule is O=C(CSc1ncc(CO)n1Cc1ccccc1)NCc1ccccc1Cl. The molecule has 1 amide bonds. The number of hydrogen-bond acceptors (Lipinski definition) is 4. The van der Waals surface area contributed by atoms with Gasteiger partial charge in [-0.1, -0.05) is 71.9 Å². The Bertz CT molecular complexity index is 899. The van der Waals surface area contributed by atoms with E-state index in [4.69, 9.17) is 11.6 Å². The Kier molecular flexibility index (Phi) is 6.92. The van der Waals surface area contributed by atoms with Gasteiger partial charge in [0.05, 0.1) is 24.3 Å². The van der Waals surface area contributed by atoms with E-state index in [2.05, 4.69) is 10.3 Å². The fourth-order valence-corrected chi connectivity index (χ4v) is 3.61. The van der Waals surface area contributed by atoms with Crippen molar-refractivity contribution in [3.63, 3.8) is 0 Å². The highest BCUT2D eigenvalue weighted by molar-refractivity contribution is 7.99. The predicted octanol–water partition coefficient (Wildman–Crippen LogP) is 3.49. The van der Waals surface area contributed by atoms with E-state index in [9.17, 15) is 9.90 Å². The number of benzene rings is 2. The standard InChI is InChI=1S/C20H20ClN3O2S/c21-18-9-5-4-8-16(18)10-22-19(26)14-27-20-23-11-17(13-25)24(20)12-15-6-2-1-3-7-15/h1-9,11,25H,10,12-14H2,(H,22,26). The van der Waals surface area contributed by atoms with Gasteiger partial charge in [-0.15, -0.1) is 0 Å². The Balaban J connectivity index is 1.59. The summed E-state index contributed by atoms with van der Waals surface area (Å²) in [6.45, 7) is 0.888. The third kappa shape index (κ3) is 5.35. The number of thioether (sulfide) groups is 1. The summed E-state index contributed by atoms with van der Waals surface area (Å²) in [4.78, 5) is 16.5. The molecule has 0 saturated carbocycles. The average Bonchev–Trinajstić information content (AvgIpc) is 3.08. The normalized spacial score (nSPS) is 10.7. The van der Waals surface area contributed by atoms with Crippen molar-refractivity contribution in [2.75, 3.05) is 5.75 Å². The Morgan fingerprint density at radius 1 is 1.15 bits per heavy atom. The van der Waals surface area contributed by atoms with Crippen molar-refractivity contribution in [3.8, 4) is 0 Å². The second-order valence-corrected chi connectivity index (χ2v) is 7.27. The summed E-state index contributed by atoms with van der Waals surface area (Å²) in [6, 6.07) is 17.4. The van der Waals surface area contributed by atoms with Crippen LogP contribution in [-0.2, 0) is 24.5 Å². The van der Waals surface area contributed by atoms with Crippen molar-refractivity contribution in [3.05, 3.63) is 82.6 Å². The number of aliphatic hydroxyl groups excluding tert-OH is 1. The fourth-order valence-electron chi connectivity index (χ4n) is 2.59. The number of carbonyl (C=O) groups is 1. The third-order valence-corrected chi connectivity index (χ3v) is 5.37. The monoisotopic (exact) mass is 401 g/mol. The highest BCUT2D eigenvalue weighted by Crippen LogP contribution is 2.20. The summed E-state index contributed by atoms with van der Waals surface area (Å²) in [6.07, 6.45) is 1.65. The van der Waals surface area contributed by atoms with E-state index in [0.29, 0.717) is 23.3 Å². The van der Waals surface area contributed by atoms with E-state index in [1.165, 1.54) is 11.8 Å². The minimum absolute atomic E-state index is 0.0975. The number of aromatic nitrogens is 2. The van der Waals surface area contributed by atoms with Crippen molar-refractivity contribution >= 4 is 29.3 Å². The molecule has 0 unspecified atom stereocenters. The van der Waals surface area contributed by atoms with Crippen LogP contribution in [0.25, 0.3) is 0 Å². The number of halogens is 1. The molecular formula is C20H20ClN3O2S. The van der Waals surface area contributed by atoms with Crippen LogP contribution < -0.4 is 5.32 Å². The molecule has 0 aliphatic rings. The lowest BCUT2D eigenvalue weighted by Crippen LogP contribution is -2.25. The molecule has 0 fully saturated rings. The number of rotatable bonds is 8. The molecule has 3 rings (SSSR count). The highest BCUT2D eigenvalue weighted by atomic mass is 35.5. The van der Waals surface area contributed by atoms with Crippen LogP contribution in [0, 0.1) is 0 Å². The van der Waals surface area contributed by atoms with E-state index in [1.807, 2.05) is 53.1 Å². The highest BCUT2D eigenvalue weighted by Gasteiger charge is 2.13. The number of imidazole rings is 1. The number of amides is 1. The maximum atomic E-state index is 12.2. The lowest BCUT2D eigenvalue weighted by molar-refractivity contribution is -0.118. The molecule has 0 spiro atoms. The number of aliphatic hydroxyl groups is 1. The zero-order valence-electron chi connectivity index (χ0n) is 14.6. The quantitative estimate of drug-likeness (QED) is 0.567. The zero-order valence-corrected chi connectivity index (χ0v) is 16.2. The number of hydrogen-bond donors (Lipinski definition) is 2. The summed E-state index contributed by atoms with van der Waals surface area (Å²) in [5.74, 6) is 0.140. The molecule has 0 aliphatic carbocycles. The second kappa shape index (κ2) is 9.60. The van der Waals surface area contributed by atoms with Crippen molar-refractivity contribution < 1.29 is 9.90 Å². The van der Waals surface area contributed by atoms with E-state index in [1.54, 1.807) is 12.3 Å². The Morgan fingerprint density at radius 2 is 1.89 bits per heavy atom. The molecule has 27 heavy (non-hydrogen) atoms. The van der Waals surface area contributed by atoms with Gasteiger partial charge in [0.15, 0.2) is 5.16 Å². The lowest BCUT2D eigenvalue weighted by atomic mass is 10.2. The molecule has 1 heterocycles. The molecule has 140 valence electrons. The minimum atomic E-state index is -0.0981. The van der Waals surface area contributed by atoms with E-state index >= 15 is 0 Å². The summed E-state index contributed by atoms with van der Waals surface area (Å²) in [5.41, 5.74) is 2.71. The molecular weight excluding hydrogens is 382 g/mol. The van der Waals surface area contributed by atoms with Gasteiger partial charge in [0.2, 0.25) is 5.91 Å². The van der Waals surface area contributed by atoms with Crippen molar-refractivity contribution in [2.45, 2.75) is 24.9 Å². The first kappa shape index (κ1) is 19.5. The molecule has 2 N–H and O–H groups in total. The molecule has 7 heteroatoms. The van der Waals surface area contributed by atoms with Crippen LogP contribution in [0.1, 0.15) is 16.8 Å². The fraction of sp³-hybridized carbons (Fsp3) is 0.200. The molecule has 0 radical (unpaired) electrons. The smallest absolute Gasteiger partial charge is 0.230 e. The predicted molar refractivity (Wildman–Crippen MR) is 108 cm³/mol. The van der Waals surface area contributed by atoms with Crippen LogP contribution in [0.15, 0.2) is 66.0 Å². The van der Waals surface area contributed by atoms with Gasteiger partial charge >= 0.3 is 0 Å². The van der Waals surface area contributed by atoms with Gasteiger partial charge < -0.3 is 15.0 Å². The van der Waals surface area contributed by atoms with Gasteiger partial charge in [-0.25, -0.2) is 4.98 Å². The third-order valence-electron chi connectivity index (χ3n) is 4.01. The van der Waals surface area contributed by atoms with Crippen LogP contribution in [0.2, 0.25) is 5.02 Å². The van der Waals surface area contributed by atoms with Crippen molar-refractivity contribution in [2.24, 2.45) is 0 Å².